The van der Waals surface area contributed by atoms with Gasteiger partial charge < -0.3 is 10.2 Å². The number of halogens is 1. The van der Waals surface area contributed by atoms with E-state index < -0.39 is 0 Å². The van der Waals surface area contributed by atoms with Crippen LogP contribution in [0.15, 0.2) is 41.5 Å². The number of carbonyl (C=O) groups excluding carboxylic acids is 1. The van der Waals surface area contributed by atoms with Crippen LogP contribution < -0.4 is 10.2 Å². The Labute approximate surface area is 137 Å². The van der Waals surface area contributed by atoms with Crippen molar-refractivity contribution in [3.8, 4) is 0 Å². The van der Waals surface area contributed by atoms with Gasteiger partial charge in [-0.3, -0.25) is 9.78 Å². The number of amides is 1. The molecule has 0 bridgehead atoms. The number of hydrogen-bond acceptors (Lipinski definition) is 5. The van der Waals surface area contributed by atoms with Gasteiger partial charge in [-0.2, -0.15) is 0 Å². The molecule has 1 fully saturated rings. The maximum absolute atomic E-state index is 12.1. The molecule has 0 saturated carbocycles. The van der Waals surface area contributed by atoms with Gasteiger partial charge in [-0.15, -0.1) is 0 Å². The predicted molar refractivity (Wildman–Crippen MR) is 86.7 cm³/mol. The lowest BCUT2D eigenvalue weighted by Gasteiger charge is -2.34. The van der Waals surface area contributed by atoms with E-state index in [1.165, 1.54) is 6.33 Å². The molecule has 3 rings (SSSR count). The summed E-state index contributed by atoms with van der Waals surface area (Å²) in [6.45, 7) is 1.80. The number of pyridine rings is 1. The summed E-state index contributed by atoms with van der Waals surface area (Å²) in [4.78, 5) is 26.3. The molecule has 1 N–H and O–H groups in total. The lowest BCUT2D eigenvalue weighted by Crippen LogP contribution is -2.45. The molecule has 0 spiro atoms. The lowest BCUT2D eigenvalue weighted by molar-refractivity contribution is 0.0926. The van der Waals surface area contributed by atoms with Crippen LogP contribution >= 0.6 is 15.9 Å². The maximum atomic E-state index is 12.1. The van der Waals surface area contributed by atoms with E-state index in [9.17, 15) is 4.79 Å². The Morgan fingerprint density at radius 2 is 2.00 bits per heavy atom. The monoisotopic (exact) mass is 361 g/mol. The van der Waals surface area contributed by atoms with Gasteiger partial charge in [0.25, 0.3) is 5.91 Å². The highest BCUT2D eigenvalue weighted by atomic mass is 79.9. The average molecular weight is 362 g/mol. The number of anilines is 1. The maximum Gasteiger partial charge on any atom is 0.270 e. The first-order valence-corrected chi connectivity index (χ1v) is 7.94. The summed E-state index contributed by atoms with van der Waals surface area (Å²) < 4.78 is 0.999. The number of piperidine rings is 1. The van der Waals surface area contributed by atoms with Gasteiger partial charge in [0.05, 0.1) is 10.2 Å². The second kappa shape index (κ2) is 6.83. The summed E-state index contributed by atoms with van der Waals surface area (Å²) in [6.07, 6.45) is 8.38. The minimum absolute atomic E-state index is 0.133. The van der Waals surface area contributed by atoms with Crippen molar-refractivity contribution in [2.24, 2.45) is 0 Å². The van der Waals surface area contributed by atoms with Crippen molar-refractivity contribution in [2.75, 3.05) is 18.0 Å². The van der Waals surface area contributed by atoms with E-state index in [1.54, 1.807) is 24.7 Å². The Morgan fingerprint density at radius 1 is 1.23 bits per heavy atom. The molecule has 2 aromatic rings. The van der Waals surface area contributed by atoms with Crippen molar-refractivity contribution in [3.05, 3.63) is 47.2 Å². The Kier molecular flexibility index (Phi) is 4.62. The van der Waals surface area contributed by atoms with Crippen LogP contribution in [0.5, 0.6) is 0 Å². The number of hydrogen-bond donors (Lipinski definition) is 1. The first-order valence-electron chi connectivity index (χ1n) is 7.15. The minimum Gasteiger partial charge on any atom is -0.370 e. The highest BCUT2D eigenvalue weighted by Crippen LogP contribution is 2.27. The molecule has 0 radical (unpaired) electrons. The highest BCUT2D eigenvalue weighted by Gasteiger charge is 2.22. The first-order chi connectivity index (χ1) is 10.7. The van der Waals surface area contributed by atoms with Gasteiger partial charge in [-0.1, -0.05) is 0 Å². The van der Waals surface area contributed by atoms with Crippen molar-refractivity contribution < 1.29 is 4.79 Å². The normalized spacial score (nSPS) is 15.6. The van der Waals surface area contributed by atoms with Gasteiger partial charge in [0.2, 0.25) is 0 Å². The molecule has 1 aliphatic rings. The second-order valence-electron chi connectivity index (χ2n) is 5.16. The molecule has 0 aromatic carbocycles. The largest absolute Gasteiger partial charge is 0.370 e. The Balaban J connectivity index is 1.56. The van der Waals surface area contributed by atoms with Crippen molar-refractivity contribution in [2.45, 2.75) is 18.9 Å². The zero-order valence-electron chi connectivity index (χ0n) is 11.9. The van der Waals surface area contributed by atoms with Crippen LogP contribution in [0.1, 0.15) is 23.3 Å². The van der Waals surface area contributed by atoms with Crippen LogP contribution in [-0.4, -0.2) is 40.0 Å². The Morgan fingerprint density at radius 3 is 2.68 bits per heavy atom. The third kappa shape index (κ3) is 3.41. The molecule has 114 valence electrons. The van der Waals surface area contributed by atoms with E-state index in [1.807, 2.05) is 6.07 Å². The molecule has 1 saturated heterocycles. The van der Waals surface area contributed by atoms with Gasteiger partial charge in [0.15, 0.2) is 0 Å². The lowest BCUT2D eigenvalue weighted by atomic mass is 10.0. The van der Waals surface area contributed by atoms with Crippen molar-refractivity contribution in [1.29, 1.82) is 0 Å². The van der Waals surface area contributed by atoms with E-state index in [-0.39, 0.29) is 11.9 Å². The predicted octanol–water partition coefficient (Wildman–Crippen LogP) is 2.03. The zero-order valence-corrected chi connectivity index (χ0v) is 13.5. The Hall–Kier alpha value is -2.02. The van der Waals surface area contributed by atoms with Crippen LogP contribution in [-0.2, 0) is 0 Å². The summed E-state index contributed by atoms with van der Waals surface area (Å²) in [7, 11) is 0. The molecule has 7 heteroatoms. The van der Waals surface area contributed by atoms with E-state index >= 15 is 0 Å². The summed E-state index contributed by atoms with van der Waals surface area (Å²) >= 11 is 3.53. The number of aromatic nitrogens is 3. The van der Waals surface area contributed by atoms with Crippen LogP contribution in [0.4, 0.5) is 5.69 Å². The molecule has 22 heavy (non-hydrogen) atoms. The molecule has 2 aromatic heterocycles. The number of rotatable bonds is 3. The SMILES string of the molecule is O=C(NC1CCN(c2ccncc2Br)CC1)c1ccncn1. The number of nitrogens with zero attached hydrogens (tertiary/aromatic N) is 4. The van der Waals surface area contributed by atoms with Crippen molar-refractivity contribution >= 4 is 27.5 Å². The molecular weight excluding hydrogens is 346 g/mol. The average Bonchev–Trinajstić information content (AvgIpc) is 2.57. The molecule has 3 heterocycles. The summed E-state index contributed by atoms with van der Waals surface area (Å²) in [5.41, 5.74) is 1.56. The van der Waals surface area contributed by atoms with E-state index in [0.29, 0.717) is 5.69 Å². The van der Waals surface area contributed by atoms with Crippen molar-refractivity contribution in [3.63, 3.8) is 0 Å². The molecule has 1 amide bonds. The molecule has 6 nitrogen and oxygen atoms in total. The molecule has 0 unspecified atom stereocenters. The number of nitrogens with one attached hydrogen (secondary N) is 1. The smallest absolute Gasteiger partial charge is 0.270 e. The summed E-state index contributed by atoms with van der Waals surface area (Å²) in [5.74, 6) is -0.133. The van der Waals surface area contributed by atoms with E-state index in [4.69, 9.17) is 0 Å². The molecular formula is C15H16BrN5O. The minimum atomic E-state index is -0.133. The summed E-state index contributed by atoms with van der Waals surface area (Å²) in [6, 6.07) is 3.81. The topological polar surface area (TPSA) is 71.0 Å². The first kappa shape index (κ1) is 14.9. The van der Waals surface area contributed by atoms with Crippen molar-refractivity contribution in [1.82, 2.24) is 20.3 Å². The van der Waals surface area contributed by atoms with Gasteiger partial charge in [0, 0.05) is 37.7 Å². The van der Waals surface area contributed by atoms with Crippen LogP contribution in [0.2, 0.25) is 0 Å². The van der Waals surface area contributed by atoms with Gasteiger partial charge in [0.1, 0.15) is 12.0 Å². The van der Waals surface area contributed by atoms with Crippen LogP contribution in [0, 0.1) is 0 Å². The zero-order chi connectivity index (χ0) is 15.4. The fraction of sp³-hybridized carbons (Fsp3) is 0.333. The van der Waals surface area contributed by atoms with Crippen LogP contribution in [0.3, 0.4) is 0 Å². The van der Waals surface area contributed by atoms with Gasteiger partial charge in [-0.05, 0) is 40.9 Å². The standard InChI is InChI=1S/C15H16BrN5O/c16-12-9-17-6-2-14(12)21-7-3-11(4-8-21)20-15(22)13-1-5-18-10-19-13/h1-2,5-6,9-11H,3-4,7-8H2,(H,20,22). The van der Waals surface area contributed by atoms with Gasteiger partial charge >= 0.3 is 0 Å². The second-order valence-corrected chi connectivity index (χ2v) is 6.01. The quantitative estimate of drug-likeness (QED) is 0.905. The number of carbonyl (C=O) groups is 1. The third-order valence-electron chi connectivity index (χ3n) is 3.74. The molecule has 1 aliphatic heterocycles. The fourth-order valence-electron chi connectivity index (χ4n) is 2.57. The van der Waals surface area contributed by atoms with E-state index in [0.717, 1.165) is 36.1 Å². The van der Waals surface area contributed by atoms with Gasteiger partial charge in [-0.25, -0.2) is 9.97 Å². The van der Waals surface area contributed by atoms with Crippen LogP contribution in [0.25, 0.3) is 0 Å². The fourth-order valence-corrected chi connectivity index (χ4v) is 3.07. The molecule has 0 atom stereocenters. The third-order valence-corrected chi connectivity index (χ3v) is 4.35. The Bertz CT molecular complexity index is 643. The van der Waals surface area contributed by atoms with E-state index in [2.05, 4.69) is 41.1 Å². The summed E-state index contributed by atoms with van der Waals surface area (Å²) in [5, 5.41) is 3.04. The molecule has 0 aliphatic carbocycles. The highest BCUT2D eigenvalue weighted by molar-refractivity contribution is 9.10.